The van der Waals surface area contributed by atoms with E-state index < -0.39 is 0 Å². The van der Waals surface area contributed by atoms with E-state index in [1.165, 1.54) is 5.56 Å². The molecule has 1 aromatic rings. The zero-order valence-electron chi connectivity index (χ0n) is 11.1. The summed E-state index contributed by atoms with van der Waals surface area (Å²) in [6, 6.07) is 7.99. The highest BCUT2D eigenvalue weighted by Gasteiger charge is 2.14. The maximum absolute atomic E-state index is 12.0. The summed E-state index contributed by atoms with van der Waals surface area (Å²) in [5.41, 5.74) is 7.57. The molecule has 0 amide bonds. The molecule has 0 radical (unpaired) electrons. The van der Waals surface area contributed by atoms with Crippen LogP contribution in [0.1, 0.15) is 43.1 Å². The summed E-state index contributed by atoms with van der Waals surface area (Å²) < 4.78 is 0. The van der Waals surface area contributed by atoms with Crippen LogP contribution in [0.15, 0.2) is 24.3 Å². The first kappa shape index (κ1) is 13.9. The van der Waals surface area contributed by atoms with Crippen molar-refractivity contribution >= 4 is 5.78 Å². The predicted octanol–water partition coefficient (Wildman–Crippen LogP) is 3.05. The molecule has 1 atom stereocenters. The first-order chi connectivity index (χ1) is 8.04. The lowest BCUT2D eigenvalue weighted by Gasteiger charge is -2.10. The van der Waals surface area contributed by atoms with Crippen molar-refractivity contribution in [1.29, 1.82) is 0 Å². The van der Waals surface area contributed by atoms with Crippen LogP contribution in [-0.4, -0.2) is 12.3 Å². The Morgan fingerprint density at radius 1 is 1.18 bits per heavy atom. The van der Waals surface area contributed by atoms with Crippen molar-refractivity contribution in [2.24, 2.45) is 17.6 Å². The fourth-order valence-corrected chi connectivity index (χ4v) is 1.94. The number of carbonyl (C=O) groups is 1. The Morgan fingerprint density at radius 2 is 1.76 bits per heavy atom. The number of hydrogen-bond donors (Lipinski definition) is 1. The van der Waals surface area contributed by atoms with Gasteiger partial charge in [-0.25, -0.2) is 0 Å². The number of carbonyl (C=O) groups excluding carboxylic acids is 1. The van der Waals surface area contributed by atoms with Gasteiger partial charge in [0.15, 0.2) is 5.78 Å². The molecule has 0 heterocycles. The van der Waals surface area contributed by atoms with Gasteiger partial charge in [0.25, 0.3) is 0 Å². The van der Waals surface area contributed by atoms with E-state index in [9.17, 15) is 4.79 Å². The molecule has 0 spiro atoms. The standard InChI is InChI=1S/C15H23NO/c1-11(2)10-13-4-6-14(7-5-13)15(17)12(3)8-9-16/h4-7,11-12H,8-10,16H2,1-3H3. The minimum Gasteiger partial charge on any atom is -0.330 e. The maximum atomic E-state index is 12.0. The smallest absolute Gasteiger partial charge is 0.165 e. The Kier molecular flexibility index (Phi) is 5.36. The van der Waals surface area contributed by atoms with Gasteiger partial charge in [-0.15, -0.1) is 0 Å². The first-order valence-electron chi connectivity index (χ1n) is 6.37. The lowest BCUT2D eigenvalue weighted by atomic mass is 9.94. The van der Waals surface area contributed by atoms with Crippen LogP contribution >= 0.6 is 0 Å². The summed E-state index contributed by atoms with van der Waals surface area (Å²) in [6.45, 7) is 6.90. The molecule has 2 nitrogen and oxygen atoms in total. The molecule has 0 aromatic heterocycles. The van der Waals surface area contributed by atoms with Crippen LogP contribution in [0.3, 0.4) is 0 Å². The second kappa shape index (κ2) is 6.55. The van der Waals surface area contributed by atoms with Gasteiger partial charge in [0.1, 0.15) is 0 Å². The number of ketones is 1. The van der Waals surface area contributed by atoms with Gasteiger partial charge in [-0.05, 0) is 30.9 Å². The molecule has 94 valence electrons. The van der Waals surface area contributed by atoms with Crippen LogP contribution in [0.2, 0.25) is 0 Å². The quantitative estimate of drug-likeness (QED) is 0.767. The van der Waals surface area contributed by atoms with Crippen molar-refractivity contribution in [3.63, 3.8) is 0 Å². The van der Waals surface area contributed by atoms with E-state index in [0.29, 0.717) is 12.5 Å². The Bertz CT molecular complexity index is 354. The molecule has 0 aliphatic rings. The van der Waals surface area contributed by atoms with Crippen molar-refractivity contribution < 1.29 is 4.79 Å². The molecule has 0 fully saturated rings. The average Bonchev–Trinajstić information content (AvgIpc) is 2.28. The van der Waals surface area contributed by atoms with E-state index in [1.807, 2.05) is 19.1 Å². The largest absolute Gasteiger partial charge is 0.330 e. The van der Waals surface area contributed by atoms with Crippen LogP contribution < -0.4 is 5.73 Å². The molecule has 1 rings (SSSR count). The van der Waals surface area contributed by atoms with Crippen LogP contribution in [-0.2, 0) is 6.42 Å². The number of benzene rings is 1. The fraction of sp³-hybridized carbons (Fsp3) is 0.533. The van der Waals surface area contributed by atoms with Gasteiger partial charge < -0.3 is 5.73 Å². The summed E-state index contributed by atoms with van der Waals surface area (Å²) in [4.78, 5) is 12.0. The molecule has 0 saturated heterocycles. The molecule has 2 heteroatoms. The van der Waals surface area contributed by atoms with E-state index in [4.69, 9.17) is 5.73 Å². The SMILES string of the molecule is CC(C)Cc1ccc(C(=O)C(C)CCN)cc1. The highest BCUT2D eigenvalue weighted by Crippen LogP contribution is 2.14. The Morgan fingerprint density at radius 3 is 2.24 bits per heavy atom. The fourth-order valence-electron chi connectivity index (χ4n) is 1.94. The van der Waals surface area contributed by atoms with Crippen LogP contribution in [0.5, 0.6) is 0 Å². The number of rotatable bonds is 6. The normalized spacial score (nSPS) is 12.8. The Balaban J connectivity index is 2.70. The zero-order chi connectivity index (χ0) is 12.8. The number of Topliss-reactive ketones (excluding diaryl/α,β-unsaturated/α-hetero) is 1. The van der Waals surface area contributed by atoms with Gasteiger partial charge in [0.2, 0.25) is 0 Å². The molecule has 0 bridgehead atoms. The molecule has 2 N–H and O–H groups in total. The lowest BCUT2D eigenvalue weighted by molar-refractivity contribution is 0.0925. The van der Waals surface area contributed by atoms with Gasteiger partial charge in [-0.2, -0.15) is 0 Å². The van der Waals surface area contributed by atoms with Crippen LogP contribution in [0.4, 0.5) is 0 Å². The van der Waals surface area contributed by atoms with Crippen molar-refractivity contribution in [3.05, 3.63) is 35.4 Å². The third-order valence-electron chi connectivity index (χ3n) is 2.93. The zero-order valence-corrected chi connectivity index (χ0v) is 11.1. The average molecular weight is 233 g/mol. The summed E-state index contributed by atoms with van der Waals surface area (Å²) in [6.07, 6.45) is 1.82. The Hall–Kier alpha value is -1.15. The molecule has 1 unspecified atom stereocenters. The van der Waals surface area contributed by atoms with Gasteiger partial charge in [-0.3, -0.25) is 4.79 Å². The number of nitrogens with two attached hydrogens (primary N) is 1. The van der Waals surface area contributed by atoms with Gasteiger partial charge in [0, 0.05) is 11.5 Å². The lowest BCUT2D eigenvalue weighted by Crippen LogP contribution is -2.15. The van der Waals surface area contributed by atoms with Crippen LogP contribution in [0, 0.1) is 11.8 Å². The van der Waals surface area contributed by atoms with Gasteiger partial charge in [0.05, 0.1) is 0 Å². The maximum Gasteiger partial charge on any atom is 0.165 e. The van der Waals surface area contributed by atoms with Gasteiger partial charge >= 0.3 is 0 Å². The van der Waals surface area contributed by atoms with Gasteiger partial charge in [-0.1, -0.05) is 45.0 Å². The molecule has 0 saturated carbocycles. The van der Waals surface area contributed by atoms with E-state index in [0.717, 1.165) is 18.4 Å². The summed E-state index contributed by atoms with van der Waals surface area (Å²) in [5, 5.41) is 0. The van der Waals surface area contributed by atoms with E-state index >= 15 is 0 Å². The third kappa shape index (κ3) is 4.31. The molecule has 0 aliphatic carbocycles. The molecule has 0 aliphatic heterocycles. The highest BCUT2D eigenvalue weighted by atomic mass is 16.1. The van der Waals surface area contributed by atoms with Crippen molar-refractivity contribution in [3.8, 4) is 0 Å². The first-order valence-corrected chi connectivity index (χ1v) is 6.37. The second-order valence-corrected chi connectivity index (χ2v) is 5.14. The monoisotopic (exact) mass is 233 g/mol. The molecular weight excluding hydrogens is 210 g/mol. The summed E-state index contributed by atoms with van der Waals surface area (Å²) >= 11 is 0. The minimum absolute atomic E-state index is 0.0240. The van der Waals surface area contributed by atoms with Crippen molar-refractivity contribution in [1.82, 2.24) is 0 Å². The minimum atomic E-state index is 0.0240. The summed E-state index contributed by atoms with van der Waals surface area (Å²) in [7, 11) is 0. The predicted molar refractivity (Wildman–Crippen MR) is 72.1 cm³/mol. The Labute approximate surface area is 104 Å². The topological polar surface area (TPSA) is 43.1 Å². The second-order valence-electron chi connectivity index (χ2n) is 5.14. The van der Waals surface area contributed by atoms with E-state index in [1.54, 1.807) is 0 Å². The molecule has 17 heavy (non-hydrogen) atoms. The number of hydrogen-bond acceptors (Lipinski definition) is 2. The van der Waals surface area contributed by atoms with E-state index in [-0.39, 0.29) is 11.7 Å². The summed E-state index contributed by atoms with van der Waals surface area (Å²) in [5.74, 6) is 0.871. The third-order valence-corrected chi connectivity index (χ3v) is 2.93. The highest BCUT2D eigenvalue weighted by molar-refractivity contribution is 5.97. The van der Waals surface area contributed by atoms with Crippen LogP contribution in [0.25, 0.3) is 0 Å². The van der Waals surface area contributed by atoms with E-state index in [2.05, 4.69) is 26.0 Å². The van der Waals surface area contributed by atoms with Crippen molar-refractivity contribution in [2.75, 3.05) is 6.54 Å². The molecular formula is C15H23NO. The van der Waals surface area contributed by atoms with Crippen molar-refractivity contribution in [2.45, 2.75) is 33.6 Å². The molecule has 1 aromatic carbocycles.